The van der Waals surface area contributed by atoms with Gasteiger partial charge in [0.25, 0.3) is 0 Å². The fourth-order valence-corrected chi connectivity index (χ4v) is 8.19. The second-order valence-electron chi connectivity index (χ2n) is 18.6. The van der Waals surface area contributed by atoms with Gasteiger partial charge in [0, 0.05) is 12.8 Å². The number of esters is 1. The zero-order chi connectivity index (χ0) is 45.1. The van der Waals surface area contributed by atoms with Crippen molar-refractivity contribution in [3.63, 3.8) is 0 Å². The molecule has 0 aromatic rings. The normalized spacial score (nSPS) is 12.9. The quantitative estimate of drug-likeness (QED) is 0.0321. The number of hydrogen-bond acceptors (Lipinski definition) is 5. The molecule has 0 radical (unpaired) electrons. The van der Waals surface area contributed by atoms with Crippen LogP contribution in [-0.2, 0) is 14.3 Å². The predicted molar refractivity (Wildman–Crippen MR) is 269 cm³/mol. The van der Waals surface area contributed by atoms with E-state index in [-0.39, 0.29) is 18.5 Å². The number of unbranched alkanes of at least 4 members (excludes halogenated alkanes) is 35. The Hall–Kier alpha value is -1.92. The highest BCUT2D eigenvalue weighted by atomic mass is 16.5. The van der Waals surface area contributed by atoms with Crippen molar-refractivity contribution in [2.24, 2.45) is 0 Å². The first-order valence-electron chi connectivity index (χ1n) is 27.3. The van der Waals surface area contributed by atoms with Crippen LogP contribution in [0.1, 0.15) is 284 Å². The molecule has 2 unspecified atom stereocenters. The minimum Gasteiger partial charge on any atom is -0.466 e. The van der Waals surface area contributed by atoms with Gasteiger partial charge in [-0.15, -0.1) is 0 Å². The molecule has 364 valence electrons. The Labute approximate surface area is 385 Å². The number of nitrogens with one attached hydrogen (secondary N) is 1. The molecule has 3 N–H and O–H groups in total. The van der Waals surface area contributed by atoms with Crippen molar-refractivity contribution in [1.29, 1.82) is 0 Å². The van der Waals surface area contributed by atoms with Crippen molar-refractivity contribution in [2.75, 3.05) is 13.2 Å². The average molecular weight is 872 g/mol. The Balaban J connectivity index is 3.48. The molecule has 0 heterocycles. The van der Waals surface area contributed by atoms with Gasteiger partial charge in [-0.1, -0.05) is 243 Å². The number of amides is 1. The first-order valence-corrected chi connectivity index (χ1v) is 27.3. The van der Waals surface area contributed by atoms with E-state index in [1.54, 1.807) is 6.08 Å². The monoisotopic (exact) mass is 872 g/mol. The lowest BCUT2D eigenvalue weighted by Gasteiger charge is -2.20. The van der Waals surface area contributed by atoms with E-state index in [1.165, 1.54) is 193 Å². The van der Waals surface area contributed by atoms with E-state index in [2.05, 4.69) is 43.5 Å². The highest BCUT2D eigenvalue weighted by Gasteiger charge is 2.18. The van der Waals surface area contributed by atoms with Gasteiger partial charge < -0.3 is 20.3 Å². The summed E-state index contributed by atoms with van der Waals surface area (Å²) in [5.74, 6) is -0.0959. The number of ether oxygens (including phenoxy) is 1. The van der Waals surface area contributed by atoms with Gasteiger partial charge >= 0.3 is 5.97 Å². The van der Waals surface area contributed by atoms with Gasteiger partial charge in [-0.05, 0) is 64.2 Å². The zero-order valence-corrected chi connectivity index (χ0v) is 41.4. The van der Waals surface area contributed by atoms with E-state index in [1.807, 2.05) is 6.08 Å². The molecule has 0 bridgehead atoms. The standard InChI is InChI=1S/C56H105NO5/c1-3-5-7-9-11-13-15-17-19-20-22-26-30-34-38-42-46-50-56(61)62-51-47-43-39-35-31-27-23-25-29-33-37-41-45-49-55(60)57-53(52-58)54(59)48-44-40-36-32-28-24-21-18-16-14-12-10-8-6-4-2/h11,13,17,19,44,48,53-54,58-59H,3-10,12,14-16,18,20-43,45-47,49-52H2,1-2H3,(H,57,60)/b13-11-,19-17-,48-44+. The molecule has 0 aromatic carbocycles. The van der Waals surface area contributed by atoms with Crippen molar-refractivity contribution in [1.82, 2.24) is 5.32 Å². The lowest BCUT2D eigenvalue weighted by molar-refractivity contribution is -0.143. The van der Waals surface area contributed by atoms with Crippen molar-refractivity contribution >= 4 is 11.9 Å². The predicted octanol–water partition coefficient (Wildman–Crippen LogP) is 16.5. The maximum absolute atomic E-state index is 12.4. The summed E-state index contributed by atoms with van der Waals surface area (Å²) >= 11 is 0. The van der Waals surface area contributed by atoms with Crippen LogP contribution < -0.4 is 5.32 Å². The number of hydrogen-bond donors (Lipinski definition) is 3. The van der Waals surface area contributed by atoms with E-state index in [0.717, 1.165) is 64.2 Å². The third-order valence-electron chi connectivity index (χ3n) is 12.4. The first kappa shape index (κ1) is 60.1. The summed E-state index contributed by atoms with van der Waals surface area (Å²) in [6.45, 7) is 4.85. The average Bonchev–Trinajstić information content (AvgIpc) is 3.27. The smallest absolute Gasteiger partial charge is 0.305 e. The molecule has 62 heavy (non-hydrogen) atoms. The van der Waals surface area contributed by atoms with Gasteiger partial charge in [-0.3, -0.25) is 9.59 Å². The maximum Gasteiger partial charge on any atom is 0.305 e. The van der Waals surface area contributed by atoms with Crippen molar-refractivity contribution in [2.45, 2.75) is 296 Å². The molecule has 0 fully saturated rings. The summed E-state index contributed by atoms with van der Waals surface area (Å²) in [4.78, 5) is 24.5. The number of carbonyl (C=O) groups is 2. The van der Waals surface area contributed by atoms with Crippen LogP contribution in [0.15, 0.2) is 36.5 Å². The number of allylic oxidation sites excluding steroid dienone is 5. The Morgan fingerprint density at radius 2 is 0.806 bits per heavy atom. The zero-order valence-electron chi connectivity index (χ0n) is 41.4. The molecule has 0 spiro atoms. The first-order chi connectivity index (χ1) is 30.5. The van der Waals surface area contributed by atoms with Crippen LogP contribution in [0, 0.1) is 0 Å². The molecule has 0 saturated heterocycles. The number of aliphatic hydroxyl groups excluding tert-OH is 2. The number of carbonyl (C=O) groups excluding carboxylic acids is 2. The lowest BCUT2D eigenvalue weighted by Crippen LogP contribution is -2.45. The van der Waals surface area contributed by atoms with Gasteiger partial charge in [0.1, 0.15) is 0 Å². The van der Waals surface area contributed by atoms with E-state index in [9.17, 15) is 19.8 Å². The molecule has 6 nitrogen and oxygen atoms in total. The van der Waals surface area contributed by atoms with Crippen LogP contribution in [0.25, 0.3) is 0 Å². The van der Waals surface area contributed by atoms with Crippen LogP contribution >= 0.6 is 0 Å². The van der Waals surface area contributed by atoms with Crippen molar-refractivity contribution < 1.29 is 24.5 Å². The molecule has 0 aliphatic carbocycles. The van der Waals surface area contributed by atoms with Gasteiger partial charge in [0.2, 0.25) is 5.91 Å². The summed E-state index contributed by atoms with van der Waals surface area (Å²) in [5, 5.41) is 23.1. The van der Waals surface area contributed by atoms with Gasteiger partial charge in [-0.2, -0.15) is 0 Å². The van der Waals surface area contributed by atoms with Crippen LogP contribution in [0.3, 0.4) is 0 Å². The SMILES string of the molecule is CCCCC/C=C\C/C=C\CCCCCCCCCC(=O)OCCCCCCCCCCCCCCCC(=O)NC(CO)C(O)/C=C/CCCCCCCCCCCCCCC. The molecular formula is C56H105NO5. The van der Waals surface area contributed by atoms with Crippen molar-refractivity contribution in [3.8, 4) is 0 Å². The van der Waals surface area contributed by atoms with E-state index < -0.39 is 12.1 Å². The molecule has 0 aliphatic heterocycles. The molecule has 0 rings (SSSR count). The number of aliphatic hydroxyl groups is 2. The topological polar surface area (TPSA) is 95.9 Å². The van der Waals surface area contributed by atoms with Gasteiger partial charge in [-0.25, -0.2) is 0 Å². The Bertz CT molecular complexity index is 1010. The van der Waals surface area contributed by atoms with Gasteiger partial charge in [0.05, 0.1) is 25.4 Å². The van der Waals surface area contributed by atoms with Crippen molar-refractivity contribution in [3.05, 3.63) is 36.5 Å². The Morgan fingerprint density at radius 3 is 1.26 bits per heavy atom. The fraction of sp³-hybridized carbons (Fsp3) is 0.857. The van der Waals surface area contributed by atoms with Crippen LogP contribution in [0.2, 0.25) is 0 Å². The minimum absolute atomic E-state index is 0.0149. The highest BCUT2D eigenvalue weighted by Crippen LogP contribution is 2.16. The second kappa shape index (κ2) is 51.7. The van der Waals surface area contributed by atoms with Crippen LogP contribution in [0.5, 0.6) is 0 Å². The van der Waals surface area contributed by atoms with Crippen LogP contribution in [0.4, 0.5) is 0 Å². The minimum atomic E-state index is -0.853. The molecule has 0 aromatic heterocycles. The Morgan fingerprint density at radius 1 is 0.452 bits per heavy atom. The summed E-state index contributed by atoms with van der Waals surface area (Å²) in [7, 11) is 0. The molecule has 0 saturated carbocycles. The van der Waals surface area contributed by atoms with E-state index in [0.29, 0.717) is 19.4 Å². The molecule has 1 amide bonds. The third kappa shape index (κ3) is 47.6. The molecular weight excluding hydrogens is 767 g/mol. The number of rotatable bonds is 50. The summed E-state index contributed by atoms with van der Waals surface area (Å²) in [6.07, 6.45) is 62.8. The Kier molecular flexibility index (Phi) is 50.1. The summed E-state index contributed by atoms with van der Waals surface area (Å²) < 4.78 is 5.47. The fourth-order valence-electron chi connectivity index (χ4n) is 8.19. The second-order valence-corrected chi connectivity index (χ2v) is 18.6. The summed E-state index contributed by atoms with van der Waals surface area (Å²) in [6, 6.07) is -0.638. The molecule has 6 heteroatoms. The summed E-state index contributed by atoms with van der Waals surface area (Å²) in [5.41, 5.74) is 0. The largest absolute Gasteiger partial charge is 0.466 e. The lowest BCUT2D eigenvalue weighted by atomic mass is 10.0. The molecule has 2 atom stereocenters. The van der Waals surface area contributed by atoms with Crippen LogP contribution in [-0.4, -0.2) is 47.4 Å². The highest BCUT2D eigenvalue weighted by molar-refractivity contribution is 5.76. The molecule has 0 aliphatic rings. The van der Waals surface area contributed by atoms with Gasteiger partial charge in [0.15, 0.2) is 0 Å². The van der Waals surface area contributed by atoms with E-state index in [4.69, 9.17) is 4.74 Å². The maximum atomic E-state index is 12.4. The van der Waals surface area contributed by atoms with E-state index >= 15 is 0 Å². The third-order valence-corrected chi connectivity index (χ3v) is 12.4.